The molecule has 2 saturated heterocycles. The molecule has 3 fully saturated rings. The Morgan fingerprint density at radius 3 is 2.57 bits per heavy atom. The number of carbonyl (C=O) groups excluding carboxylic acids is 1. The lowest BCUT2D eigenvalue weighted by atomic mass is 9.52. The molecule has 8 heteroatoms. The van der Waals surface area contributed by atoms with Gasteiger partial charge in [0, 0.05) is 11.0 Å². The first-order valence-electron chi connectivity index (χ1n) is 12.8. The lowest BCUT2D eigenvalue weighted by Gasteiger charge is -2.56. The molecule has 0 amide bonds. The van der Waals surface area contributed by atoms with E-state index in [4.69, 9.17) is 23.7 Å². The maximum absolute atomic E-state index is 12.8. The summed E-state index contributed by atoms with van der Waals surface area (Å²) in [5.41, 5.74) is -0.744. The van der Waals surface area contributed by atoms with Gasteiger partial charge in [-0.15, -0.1) is 0 Å². The number of ether oxygens (including phenoxy) is 5. The largest absolute Gasteiger partial charge is 0.509 e. The molecule has 8 nitrogen and oxygen atoms in total. The van der Waals surface area contributed by atoms with Crippen LogP contribution < -0.4 is 0 Å². The molecule has 5 aliphatic rings. The van der Waals surface area contributed by atoms with Crippen molar-refractivity contribution in [2.45, 2.75) is 103 Å². The fourth-order valence-electron chi connectivity index (χ4n) is 7.05. The minimum absolute atomic E-state index is 0.196. The van der Waals surface area contributed by atoms with E-state index in [0.717, 1.165) is 18.4 Å². The number of hydrogen-bond donors (Lipinski definition) is 2. The van der Waals surface area contributed by atoms with Crippen molar-refractivity contribution < 1.29 is 38.7 Å². The standard InChI is InChI=1S/C27H38O8/c1-7-8-13-31-16-10-11-26(14-32-25(5,6)35-26)19-17(16)20(28)21(29)18-15(2)9-12-27(24(18,3)4)22(19)33-23(30)34-27/h10-11,19-22,28-29H,7-9,12-14H2,1-6H3. The van der Waals surface area contributed by atoms with Crippen molar-refractivity contribution in [3.63, 3.8) is 0 Å². The summed E-state index contributed by atoms with van der Waals surface area (Å²) in [4.78, 5) is 12.8. The van der Waals surface area contributed by atoms with E-state index in [-0.39, 0.29) is 6.61 Å². The van der Waals surface area contributed by atoms with Gasteiger partial charge in [-0.2, -0.15) is 0 Å². The van der Waals surface area contributed by atoms with Crippen LogP contribution in [0.15, 0.2) is 34.6 Å². The van der Waals surface area contributed by atoms with Gasteiger partial charge in [-0.3, -0.25) is 0 Å². The molecule has 0 aromatic carbocycles. The molecule has 2 N–H and O–H groups in total. The second-order valence-corrected chi connectivity index (χ2v) is 11.6. The highest BCUT2D eigenvalue weighted by Gasteiger charge is 2.72. The molecule has 2 bridgehead atoms. The second kappa shape index (κ2) is 8.07. The van der Waals surface area contributed by atoms with Crippen LogP contribution in [-0.2, 0) is 23.7 Å². The molecule has 35 heavy (non-hydrogen) atoms. The van der Waals surface area contributed by atoms with Crippen molar-refractivity contribution in [1.29, 1.82) is 0 Å². The van der Waals surface area contributed by atoms with E-state index in [2.05, 4.69) is 6.92 Å². The van der Waals surface area contributed by atoms with Crippen LogP contribution in [0.1, 0.15) is 67.2 Å². The Morgan fingerprint density at radius 1 is 1.17 bits per heavy atom. The van der Waals surface area contributed by atoms with Crippen molar-refractivity contribution in [2.24, 2.45) is 11.3 Å². The normalized spacial score (nSPS) is 41.2. The highest BCUT2D eigenvalue weighted by molar-refractivity contribution is 5.66. The molecular formula is C27H38O8. The SMILES string of the molecule is CCCCOC1=C2C(O)C(O)C3=C(C)CCC4(OC(=O)OC4C2C2(C=C1)COC(C)(C)O2)C3(C)C. The predicted molar refractivity (Wildman–Crippen MR) is 126 cm³/mol. The summed E-state index contributed by atoms with van der Waals surface area (Å²) in [6, 6.07) is 0. The van der Waals surface area contributed by atoms with Gasteiger partial charge in [0.05, 0.1) is 19.1 Å². The summed E-state index contributed by atoms with van der Waals surface area (Å²) < 4.78 is 30.8. The van der Waals surface area contributed by atoms with E-state index in [0.29, 0.717) is 36.4 Å². The lowest BCUT2D eigenvalue weighted by molar-refractivity contribution is -0.181. The Hall–Kier alpha value is -1.87. The Bertz CT molecular complexity index is 1010. The molecule has 1 saturated carbocycles. The molecule has 194 valence electrons. The Morgan fingerprint density at radius 2 is 1.91 bits per heavy atom. The van der Waals surface area contributed by atoms with Crippen molar-refractivity contribution in [3.05, 3.63) is 34.6 Å². The van der Waals surface area contributed by atoms with Gasteiger partial charge in [-0.1, -0.05) is 32.8 Å². The Balaban J connectivity index is 1.76. The van der Waals surface area contributed by atoms with Gasteiger partial charge in [0.15, 0.2) is 17.5 Å². The van der Waals surface area contributed by atoms with Gasteiger partial charge in [0.25, 0.3) is 0 Å². The summed E-state index contributed by atoms with van der Waals surface area (Å²) in [5.74, 6) is -1.09. The molecule has 2 heterocycles. The van der Waals surface area contributed by atoms with E-state index in [1.54, 1.807) is 6.08 Å². The highest BCUT2D eigenvalue weighted by Crippen LogP contribution is 2.62. The van der Waals surface area contributed by atoms with Crippen LogP contribution in [0.2, 0.25) is 0 Å². The number of aliphatic hydroxyl groups is 2. The molecular weight excluding hydrogens is 452 g/mol. The van der Waals surface area contributed by atoms with Crippen molar-refractivity contribution in [1.82, 2.24) is 0 Å². The third-order valence-electron chi connectivity index (χ3n) is 8.73. The maximum Gasteiger partial charge on any atom is 0.509 e. The smallest absolute Gasteiger partial charge is 0.494 e. The second-order valence-electron chi connectivity index (χ2n) is 11.6. The number of carbonyl (C=O) groups is 1. The zero-order chi connectivity index (χ0) is 25.4. The average Bonchev–Trinajstić information content (AvgIpc) is 3.28. The summed E-state index contributed by atoms with van der Waals surface area (Å²) >= 11 is 0. The summed E-state index contributed by atoms with van der Waals surface area (Å²) in [7, 11) is 0. The van der Waals surface area contributed by atoms with Gasteiger partial charge < -0.3 is 33.9 Å². The van der Waals surface area contributed by atoms with E-state index in [1.807, 2.05) is 40.7 Å². The number of aliphatic hydroxyl groups excluding tert-OH is 2. The Labute approximate surface area is 206 Å². The van der Waals surface area contributed by atoms with Crippen LogP contribution >= 0.6 is 0 Å². The quantitative estimate of drug-likeness (QED) is 0.347. The van der Waals surface area contributed by atoms with Crippen molar-refractivity contribution in [2.75, 3.05) is 13.2 Å². The van der Waals surface area contributed by atoms with Crippen LogP contribution in [-0.4, -0.2) is 64.9 Å². The van der Waals surface area contributed by atoms with Gasteiger partial charge in [-0.25, -0.2) is 4.79 Å². The van der Waals surface area contributed by atoms with Crippen LogP contribution in [0.3, 0.4) is 0 Å². The first kappa shape index (κ1) is 24.8. The molecule has 6 unspecified atom stereocenters. The topological polar surface area (TPSA) is 104 Å². The third-order valence-corrected chi connectivity index (χ3v) is 8.73. The molecule has 5 rings (SSSR count). The van der Waals surface area contributed by atoms with E-state index >= 15 is 0 Å². The molecule has 2 aliphatic heterocycles. The first-order valence-corrected chi connectivity index (χ1v) is 12.8. The molecule has 0 aromatic rings. The molecule has 3 aliphatic carbocycles. The first-order chi connectivity index (χ1) is 16.4. The number of allylic oxidation sites excluding steroid dienone is 2. The zero-order valence-corrected chi connectivity index (χ0v) is 21.6. The molecule has 6 atom stereocenters. The monoisotopic (exact) mass is 490 g/mol. The minimum atomic E-state index is -1.29. The van der Waals surface area contributed by atoms with Gasteiger partial charge in [0.2, 0.25) is 0 Å². The number of hydrogen-bond acceptors (Lipinski definition) is 8. The maximum atomic E-state index is 12.8. The van der Waals surface area contributed by atoms with Crippen LogP contribution in [0.4, 0.5) is 4.79 Å². The van der Waals surface area contributed by atoms with Crippen LogP contribution in [0.25, 0.3) is 0 Å². The Kier molecular flexibility index (Phi) is 5.72. The van der Waals surface area contributed by atoms with E-state index < -0.39 is 52.8 Å². The lowest BCUT2D eigenvalue weighted by Crippen LogP contribution is -2.66. The molecule has 0 radical (unpaired) electrons. The van der Waals surface area contributed by atoms with Crippen molar-refractivity contribution in [3.8, 4) is 0 Å². The average molecular weight is 491 g/mol. The minimum Gasteiger partial charge on any atom is -0.494 e. The van der Waals surface area contributed by atoms with Crippen LogP contribution in [0, 0.1) is 11.3 Å². The van der Waals surface area contributed by atoms with E-state index in [1.165, 1.54) is 0 Å². The zero-order valence-electron chi connectivity index (χ0n) is 21.6. The molecule has 2 spiro atoms. The van der Waals surface area contributed by atoms with Crippen molar-refractivity contribution >= 4 is 6.16 Å². The summed E-state index contributed by atoms with van der Waals surface area (Å²) in [6.07, 6.45) is 2.63. The fraction of sp³-hybridized carbons (Fsp3) is 0.741. The third kappa shape index (κ3) is 3.44. The number of rotatable bonds is 4. The van der Waals surface area contributed by atoms with Crippen LogP contribution in [0.5, 0.6) is 0 Å². The number of unbranched alkanes of at least 4 members (excludes halogenated alkanes) is 1. The highest BCUT2D eigenvalue weighted by atomic mass is 16.8. The summed E-state index contributed by atoms with van der Waals surface area (Å²) in [6.45, 7) is 12.3. The summed E-state index contributed by atoms with van der Waals surface area (Å²) in [5, 5.41) is 23.5. The van der Waals surface area contributed by atoms with Gasteiger partial charge in [0.1, 0.15) is 23.6 Å². The molecule has 0 aromatic heterocycles. The van der Waals surface area contributed by atoms with E-state index in [9.17, 15) is 15.0 Å². The van der Waals surface area contributed by atoms with Gasteiger partial charge in [-0.05, 0) is 57.8 Å². The number of fused-ring (bicyclic) bond motifs is 4. The van der Waals surface area contributed by atoms with Gasteiger partial charge >= 0.3 is 6.16 Å². The fourth-order valence-corrected chi connectivity index (χ4v) is 7.05. The predicted octanol–water partition coefficient (Wildman–Crippen LogP) is 3.91.